The Morgan fingerprint density at radius 3 is 2.14 bits per heavy atom. The second kappa shape index (κ2) is 8.68. The van der Waals surface area contributed by atoms with Gasteiger partial charge in [-0.1, -0.05) is 12.8 Å². The summed E-state index contributed by atoms with van der Waals surface area (Å²) in [5.74, 6) is -0.165. The Balaban J connectivity index is 1.91. The topological polar surface area (TPSA) is 97.0 Å². The van der Waals surface area contributed by atoms with Crippen molar-refractivity contribution >= 4 is 17.9 Å². The second-order valence-corrected chi connectivity index (χ2v) is 9.13. The summed E-state index contributed by atoms with van der Waals surface area (Å²) in [6.45, 7) is 11.2. The van der Waals surface area contributed by atoms with Crippen molar-refractivity contribution in [3.05, 3.63) is 0 Å². The lowest BCUT2D eigenvalue weighted by atomic mass is 10.1. The molecule has 1 aliphatic heterocycles. The van der Waals surface area contributed by atoms with Crippen molar-refractivity contribution in [1.82, 2.24) is 15.5 Å². The van der Waals surface area contributed by atoms with Crippen LogP contribution in [0.15, 0.2) is 0 Å². The largest absolute Gasteiger partial charge is 0.444 e. The van der Waals surface area contributed by atoms with Crippen molar-refractivity contribution in [1.29, 1.82) is 0 Å². The van der Waals surface area contributed by atoms with Crippen LogP contribution in [0.1, 0.15) is 67.2 Å². The fourth-order valence-corrected chi connectivity index (χ4v) is 3.90. The number of rotatable bonds is 5. The monoisotopic (exact) mass is 397 g/mol. The summed E-state index contributed by atoms with van der Waals surface area (Å²) in [6, 6.07) is -0.796. The van der Waals surface area contributed by atoms with Crippen LogP contribution in [0.5, 0.6) is 0 Å². The number of nitrogens with zero attached hydrogens (tertiary/aromatic N) is 1. The third-order valence-electron chi connectivity index (χ3n) is 5.09. The molecule has 2 rings (SSSR count). The molecular weight excluding hydrogens is 362 g/mol. The minimum absolute atomic E-state index is 0.0563. The van der Waals surface area contributed by atoms with E-state index in [1.54, 1.807) is 41.5 Å². The average molecular weight is 398 g/mol. The first-order chi connectivity index (χ1) is 12.9. The molecule has 1 saturated carbocycles. The van der Waals surface area contributed by atoms with Crippen LogP contribution >= 0.6 is 0 Å². The molecule has 2 N–H and O–H groups in total. The van der Waals surface area contributed by atoms with E-state index in [1.807, 2.05) is 0 Å². The van der Waals surface area contributed by atoms with Crippen LogP contribution in [0.25, 0.3) is 0 Å². The molecule has 0 bridgehead atoms. The Hall–Kier alpha value is -1.83. The zero-order valence-corrected chi connectivity index (χ0v) is 18.0. The van der Waals surface area contributed by atoms with E-state index in [9.17, 15) is 14.4 Å². The molecule has 0 aromatic rings. The average Bonchev–Trinajstić information content (AvgIpc) is 3.14. The summed E-state index contributed by atoms with van der Waals surface area (Å²) in [7, 11) is 0. The minimum atomic E-state index is -0.958. The predicted molar refractivity (Wildman–Crippen MR) is 104 cm³/mol. The molecule has 2 atom stereocenters. The highest BCUT2D eigenvalue weighted by Gasteiger charge is 2.52. The van der Waals surface area contributed by atoms with Gasteiger partial charge in [-0.2, -0.15) is 0 Å². The minimum Gasteiger partial charge on any atom is -0.444 e. The normalized spacial score (nSPS) is 24.9. The third-order valence-corrected chi connectivity index (χ3v) is 5.09. The maximum Gasteiger partial charge on any atom is 0.413 e. The summed E-state index contributed by atoms with van der Waals surface area (Å²) < 4.78 is 11.3. The van der Waals surface area contributed by atoms with Crippen LogP contribution in [-0.2, 0) is 19.1 Å². The number of hydrogen-bond acceptors (Lipinski definition) is 5. The van der Waals surface area contributed by atoms with Crippen molar-refractivity contribution in [2.75, 3.05) is 13.1 Å². The Morgan fingerprint density at radius 1 is 1.07 bits per heavy atom. The van der Waals surface area contributed by atoms with E-state index in [4.69, 9.17) is 9.47 Å². The SMILES string of the molecule is C[C@H]1OC(C)(C)N(C(=O)OC(C)(C)C)[C@H]1C(=O)NCCNC(=O)C1CCCC1. The quantitative estimate of drug-likeness (QED) is 0.693. The van der Waals surface area contributed by atoms with Crippen LogP contribution in [0.2, 0.25) is 0 Å². The van der Waals surface area contributed by atoms with Crippen molar-refractivity contribution in [2.24, 2.45) is 5.92 Å². The first-order valence-corrected chi connectivity index (χ1v) is 10.2. The molecule has 3 amide bonds. The fourth-order valence-electron chi connectivity index (χ4n) is 3.90. The van der Waals surface area contributed by atoms with Gasteiger partial charge in [0, 0.05) is 19.0 Å². The zero-order chi connectivity index (χ0) is 21.1. The zero-order valence-electron chi connectivity index (χ0n) is 18.0. The van der Waals surface area contributed by atoms with E-state index < -0.39 is 29.6 Å². The smallest absolute Gasteiger partial charge is 0.413 e. The standard InChI is InChI=1S/C20H35N3O5/c1-13-15(23(20(5,6)27-13)18(26)28-19(2,3)4)17(25)22-12-11-21-16(24)14-9-7-8-10-14/h13-15H,7-12H2,1-6H3,(H,21,24)(H,22,25)/t13-,15-/m1/s1. The van der Waals surface area contributed by atoms with Gasteiger partial charge in [-0.15, -0.1) is 0 Å². The Labute approximate surface area is 167 Å². The summed E-state index contributed by atoms with van der Waals surface area (Å²) in [5.41, 5.74) is -1.63. The number of nitrogens with one attached hydrogen (secondary N) is 2. The van der Waals surface area contributed by atoms with Crippen molar-refractivity contribution in [2.45, 2.75) is 90.7 Å². The molecule has 0 aromatic carbocycles. The maximum absolute atomic E-state index is 12.8. The molecule has 8 nitrogen and oxygen atoms in total. The molecular formula is C20H35N3O5. The van der Waals surface area contributed by atoms with Gasteiger partial charge in [-0.05, 0) is 54.4 Å². The van der Waals surface area contributed by atoms with Gasteiger partial charge in [0.1, 0.15) is 17.4 Å². The maximum atomic E-state index is 12.8. The fraction of sp³-hybridized carbons (Fsp3) is 0.850. The van der Waals surface area contributed by atoms with Crippen molar-refractivity contribution in [3.8, 4) is 0 Å². The number of carbonyl (C=O) groups excluding carboxylic acids is 3. The summed E-state index contributed by atoms with van der Waals surface area (Å²) >= 11 is 0. The Morgan fingerprint density at radius 2 is 1.61 bits per heavy atom. The molecule has 0 unspecified atom stereocenters. The molecule has 160 valence electrons. The van der Waals surface area contributed by atoms with Gasteiger partial charge in [0.25, 0.3) is 0 Å². The molecule has 0 aromatic heterocycles. The number of carbonyl (C=O) groups is 3. The lowest BCUT2D eigenvalue weighted by Gasteiger charge is -2.34. The molecule has 1 aliphatic carbocycles. The number of amides is 3. The number of ether oxygens (including phenoxy) is 2. The lowest BCUT2D eigenvalue weighted by molar-refractivity contribution is -0.127. The van der Waals surface area contributed by atoms with E-state index in [1.165, 1.54) is 4.90 Å². The highest BCUT2D eigenvalue weighted by atomic mass is 16.6. The molecule has 0 radical (unpaired) electrons. The van der Waals surface area contributed by atoms with Gasteiger partial charge in [0.05, 0.1) is 6.10 Å². The van der Waals surface area contributed by atoms with Crippen LogP contribution in [0.3, 0.4) is 0 Å². The first kappa shape index (κ1) is 22.5. The Bertz CT molecular complexity index is 593. The van der Waals surface area contributed by atoms with E-state index in [2.05, 4.69) is 10.6 Å². The van der Waals surface area contributed by atoms with Crippen LogP contribution in [-0.4, -0.2) is 59.4 Å². The van der Waals surface area contributed by atoms with Crippen molar-refractivity contribution < 1.29 is 23.9 Å². The highest BCUT2D eigenvalue weighted by molar-refractivity contribution is 5.87. The second-order valence-electron chi connectivity index (χ2n) is 9.13. The summed E-state index contributed by atoms with van der Waals surface area (Å²) in [4.78, 5) is 38.9. The van der Waals surface area contributed by atoms with Gasteiger partial charge in [0.2, 0.25) is 11.8 Å². The van der Waals surface area contributed by atoms with Crippen LogP contribution < -0.4 is 10.6 Å². The van der Waals surface area contributed by atoms with Gasteiger partial charge < -0.3 is 20.1 Å². The van der Waals surface area contributed by atoms with E-state index in [-0.39, 0.29) is 17.7 Å². The molecule has 1 saturated heterocycles. The molecule has 8 heteroatoms. The van der Waals surface area contributed by atoms with Crippen molar-refractivity contribution in [3.63, 3.8) is 0 Å². The Kier molecular flexibility index (Phi) is 6.96. The summed E-state index contributed by atoms with van der Waals surface area (Å²) in [6.07, 6.45) is 3.02. The molecule has 1 heterocycles. The first-order valence-electron chi connectivity index (χ1n) is 10.2. The predicted octanol–water partition coefficient (Wildman–Crippen LogP) is 2.17. The van der Waals surface area contributed by atoms with Crippen LogP contribution in [0.4, 0.5) is 4.79 Å². The lowest BCUT2D eigenvalue weighted by Crippen LogP contribution is -2.56. The highest BCUT2D eigenvalue weighted by Crippen LogP contribution is 2.33. The molecule has 2 aliphatic rings. The molecule has 0 spiro atoms. The molecule has 2 fully saturated rings. The number of hydrogen-bond donors (Lipinski definition) is 2. The summed E-state index contributed by atoms with van der Waals surface area (Å²) in [5, 5.41) is 5.68. The van der Waals surface area contributed by atoms with Gasteiger partial charge >= 0.3 is 6.09 Å². The van der Waals surface area contributed by atoms with Crippen LogP contribution in [0, 0.1) is 5.92 Å². The van der Waals surface area contributed by atoms with Gasteiger partial charge in [-0.25, -0.2) is 4.79 Å². The van der Waals surface area contributed by atoms with E-state index >= 15 is 0 Å². The van der Waals surface area contributed by atoms with E-state index in [0.29, 0.717) is 13.1 Å². The van der Waals surface area contributed by atoms with Gasteiger partial charge in [-0.3, -0.25) is 14.5 Å². The molecule has 28 heavy (non-hydrogen) atoms. The third kappa shape index (κ3) is 5.59. The van der Waals surface area contributed by atoms with Gasteiger partial charge in [0.15, 0.2) is 0 Å². The van der Waals surface area contributed by atoms with E-state index in [0.717, 1.165) is 25.7 Å².